The van der Waals surface area contributed by atoms with E-state index in [2.05, 4.69) is 0 Å². The first-order chi connectivity index (χ1) is 2.00. The predicted octanol–water partition coefficient (Wildman–Crippen LogP) is -3.30. The van der Waals surface area contributed by atoms with Crippen LogP contribution in [0.1, 0.15) is 0 Å². The van der Waals surface area contributed by atoms with Crippen LogP contribution in [0.2, 0.25) is 0 Å². The van der Waals surface area contributed by atoms with Gasteiger partial charge in [0.1, 0.15) is 0 Å². The van der Waals surface area contributed by atoms with E-state index in [4.69, 9.17) is 19.2 Å². The van der Waals surface area contributed by atoms with Crippen LogP contribution in [0.25, 0.3) is 0 Å². The van der Waals surface area contributed by atoms with Crippen molar-refractivity contribution in [1.82, 2.24) is 0 Å². The van der Waals surface area contributed by atoms with Crippen molar-refractivity contribution in [3.8, 4) is 0 Å². The Morgan fingerprint density at radius 1 is 1.14 bits per heavy atom. The second-order valence-corrected chi connectivity index (χ2v) is 1.54. The van der Waals surface area contributed by atoms with Crippen LogP contribution in [-0.2, 0) is 4.57 Å². The van der Waals surface area contributed by atoms with E-state index in [-0.39, 0.29) is 44.9 Å². The summed E-state index contributed by atoms with van der Waals surface area (Å²) in [6, 6.07) is 0. The Morgan fingerprint density at radius 3 is 1.14 bits per heavy atom. The molecule has 2 radical (unpaired) electrons. The van der Waals surface area contributed by atoms with Crippen LogP contribution in [0, 0.1) is 0 Å². The Kier molecular flexibility index (Phi) is 12.9. The molecule has 0 aliphatic carbocycles. The van der Waals surface area contributed by atoms with E-state index in [0.717, 1.165) is 0 Å². The molecule has 0 atom stereocenters. The van der Waals surface area contributed by atoms with Gasteiger partial charge in [-0.1, -0.05) is 0 Å². The number of hydrogen-bond acceptors (Lipinski definition) is 1. The van der Waals surface area contributed by atoms with Crippen LogP contribution in [0.5, 0.6) is 0 Å². The fourth-order valence-corrected chi connectivity index (χ4v) is 0. The minimum absolute atomic E-state index is 0. The summed E-state index contributed by atoms with van der Waals surface area (Å²) in [6.07, 6.45) is 0. The van der Waals surface area contributed by atoms with Gasteiger partial charge in [0.15, 0.2) is 0 Å². The van der Waals surface area contributed by atoms with Crippen molar-refractivity contribution in [2.24, 2.45) is 0 Å². The molecule has 0 aliphatic heterocycles. The molecule has 0 amide bonds. The normalized spacial score (nSPS) is 8.43. The molecule has 0 bridgehead atoms. The Bertz CT molecular complexity index is 57.8. The number of hydrogen-bond donors (Lipinski definition) is 3. The first-order valence-corrected chi connectivity index (χ1v) is 2.35. The Labute approximate surface area is 71.7 Å². The molecular weight excluding hydrogens is 375 g/mol. The maximum atomic E-state index is 8.88. The fourth-order valence-electron chi connectivity index (χ4n) is 0. The van der Waals surface area contributed by atoms with Gasteiger partial charge in [-0.15, -0.1) is 0 Å². The number of phosphoric acid groups is 1. The molecule has 0 aromatic rings. The summed E-state index contributed by atoms with van der Waals surface area (Å²) in [7, 11) is -4.64. The fraction of sp³-hybridized carbons (Fsp3) is 0. The van der Waals surface area contributed by atoms with E-state index in [1.54, 1.807) is 0 Å². The quantitative estimate of drug-likeness (QED) is 0.303. The molecule has 0 fully saturated rings. The topological polar surface area (TPSA) is 77.8 Å². The van der Waals surface area contributed by atoms with Crippen molar-refractivity contribution in [2.45, 2.75) is 0 Å². The standard InChI is InChI=1S/GeH4.H3O4P.Pb.2H/c;1-5(2,3)4;;;/h1H4;(H3,1,2,3,4);;;. The Balaban J connectivity index is -0.0000000800. The van der Waals surface area contributed by atoms with Crippen LogP contribution in [0.15, 0.2) is 0 Å². The van der Waals surface area contributed by atoms with Gasteiger partial charge in [-0.05, 0) is 0 Å². The van der Waals surface area contributed by atoms with Crippen molar-refractivity contribution in [1.29, 1.82) is 0 Å². The molecule has 46 valence electrons. The van der Waals surface area contributed by atoms with Gasteiger partial charge in [0.05, 0.1) is 0 Å². The molecule has 3 N–H and O–H groups in total. The van der Waals surface area contributed by atoms with Gasteiger partial charge in [0, 0.05) is 0 Å². The third-order valence-corrected chi connectivity index (χ3v) is 0. The average molecular weight is 384 g/mol. The molecule has 0 aromatic carbocycles. The molecule has 0 spiro atoms. The molecule has 0 saturated heterocycles. The summed E-state index contributed by atoms with van der Waals surface area (Å²) < 4.78 is 8.88. The van der Waals surface area contributed by atoms with Gasteiger partial charge >= 0.3 is 52.7 Å². The second kappa shape index (κ2) is 5.71. The molecular formula is H9GeO4PPb. The summed E-state index contributed by atoms with van der Waals surface area (Å²) in [4.78, 5) is 21.6. The molecule has 7 heteroatoms. The molecule has 0 aliphatic rings. The van der Waals surface area contributed by atoms with Gasteiger partial charge in [-0.3, -0.25) is 0 Å². The van der Waals surface area contributed by atoms with Gasteiger partial charge in [-0.2, -0.15) is 0 Å². The Hall–Kier alpha value is 1.57. The summed E-state index contributed by atoms with van der Waals surface area (Å²) in [5, 5.41) is 0. The first kappa shape index (κ1) is 15.8. The second-order valence-electron chi connectivity index (χ2n) is 0.513. The van der Waals surface area contributed by atoms with Crippen LogP contribution in [0.3, 0.4) is 0 Å². The number of rotatable bonds is 0. The van der Waals surface area contributed by atoms with Crippen molar-refractivity contribution < 1.29 is 19.2 Å². The zero-order valence-electron chi connectivity index (χ0n) is 2.90. The van der Waals surface area contributed by atoms with Crippen LogP contribution in [0.4, 0.5) is 0 Å². The summed E-state index contributed by atoms with van der Waals surface area (Å²) in [5.41, 5.74) is 0. The Morgan fingerprint density at radius 2 is 1.14 bits per heavy atom. The molecule has 0 unspecified atom stereocenters. The third-order valence-electron chi connectivity index (χ3n) is 0. The zero-order valence-corrected chi connectivity index (χ0v) is 9.30. The first-order valence-electron chi connectivity index (χ1n) is 0.783. The van der Waals surface area contributed by atoms with Gasteiger partial charge in [0.2, 0.25) is 0 Å². The van der Waals surface area contributed by atoms with Crippen LogP contribution < -0.4 is 0 Å². The van der Waals surface area contributed by atoms with Crippen molar-refractivity contribution in [2.75, 3.05) is 0 Å². The van der Waals surface area contributed by atoms with E-state index in [1.807, 2.05) is 0 Å². The van der Waals surface area contributed by atoms with E-state index in [1.165, 1.54) is 0 Å². The minimum atomic E-state index is -4.64. The summed E-state index contributed by atoms with van der Waals surface area (Å²) >= 11 is 0. The van der Waals surface area contributed by atoms with Gasteiger partial charge in [0.25, 0.3) is 0 Å². The predicted molar refractivity (Wildman–Crippen MR) is 34.1 cm³/mol. The van der Waals surface area contributed by atoms with Gasteiger partial charge in [-0.25, -0.2) is 4.57 Å². The van der Waals surface area contributed by atoms with E-state index in [9.17, 15) is 0 Å². The van der Waals surface area contributed by atoms with Gasteiger partial charge < -0.3 is 14.7 Å². The molecule has 0 rings (SSSR count). The average Bonchev–Trinajstić information content (AvgIpc) is 0.722. The van der Waals surface area contributed by atoms with E-state index in [0.29, 0.717) is 0 Å². The van der Waals surface area contributed by atoms with Crippen molar-refractivity contribution in [3.05, 3.63) is 0 Å². The zero-order chi connectivity index (χ0) is 4.50. The summed E-state index contributed by atoms with van der Waals surface area (Å²) in [5.74, 6) is 0. The van der Waals surface area contributed by atoms with E-state index < -0.39 is 7.82 Å². The molecule has 4 nitrogen and oxygen atoms in total. The van der Waals surface area contributed by atoms with E-state index >= 15 is 0 Å². The maximum absolute atomic E-state index is 8.88. The summed E-state index contributed by atoms with van der Waals surface area (Å²) in [6.45, 7) is 0. The van der Waals surface area contributed by atoms with Crippen LogP contribution in [-0.4, -0.2) is 59.6 Å². The van der Waals surface area contributed by atoms with Crippen molar-refractivity contribution in [3.63, 3.8) is 0 Å². The molecule has 0 saturated carbocycles. The van der Waals surface area contributed by atoms with Crippen molar-refractivity contribution >= 4 is 52.7 Å². The SMILES string of the molecule is O=P(O)(O)O.[GeH4].[PbH2]. The van der Waals surface area contributed by atoms with Crippen LogP contribution >= 0.6 is 7.82 Å². The molecule has 0 heterocycles. The molecule has 0 aromatic heterocycles. The molecule has 7 heavy (non-hydrogen) atoms. The monoisotopic (exact) mass is 386 g/mol. The third kappa shape index (κ3) is 94.9.